The zero-order valence-corrected chi connectivity index (χ0v) is 27.2. The highest BCUT2D eigenvalue weighted by atomic mass is 32.2. The molecule has 4 heterocycles. The van der Waals surface area contributed by atoms with E-state index in [0.29, 0.717) is 46.1 Å². The van der Waals surface area contributed by atoms with E-state index in [1.165, 1.54) is 22.5 Å². The number of rotatable bonds is 8. The van der Waals surface area contributed by atoms with Gasteiger partial charge in [0.2, 0.25) is 0 Å². The molecule has 0 spiro atoms. The molecule has 236 valence electrons. The summed E-state index contributed by atoms with van der Waals surface area (Å²) in [6, 6.07) is 13.9. The quantitative estimate of drug-likeness (QED) is 0.167. The minimum absolute atomic E-state index is 0.0299. The van der Waals surface area contributed by atoms with Crippen molar-refractivity contribution in [1.29, 1.82) is 0 Å². The number of hydrogen-bond donors (Lipinski definition) is 0. The molecule has 6 nitrogen and oxygen atoms in total. The smallest absolute Gasteiger partial charge is 0.280 e. The second-order valence-electron chi connectivity index (χ2n) is 11.5. The molecule has 0 unspecified atom stereocenters. The first-order valence-corrected chi connectivity index (χ1v) is 16.9. The maximum absolute atomic E-state index is 14.6. The molecule has 0 radical (unpaired) electrons. The molecular weight excluding hydrogens is 616 g/mol. The Balaban J connectivity index is 0.00000175. The van der Waals surface area contributed by atoms with Crippen LogP contribution in [0, 0.1) is 12.7 Å². The fourth-order valence-electron chi connectivity index (χ4n) is 6.32. The summed E-state index contributed by atoms with van der Waals surface area (Å²) >= 11 is 0.0591. The SMILES string of the molecule is CC.Cc1cn(SF)nc1-c1cc(F)ccc1-c1cccc(-n2cc(C3CC3)c3cc(CN4CCCCC4)n(SF)c3c2=O)c1. The van der Waals surface area contributed by atoms with Crippen molar-refractivity contribution in [2.75, 3.05) is 13.1 Å². The van der Waals surface area contributed by atoms with Crippen LogP contribution in [0.15, 0.2) is 65.7 Å². The third-order valence-electron chi connectivity index (χ3n) is 8.57. The molecule has 0 amide bonds. The van der Waals surface area contributed by atoms with Gasteiger partial charge in [0.25, 0.3) is 5.56 Å². The van der Waals surface area contributed by atoms with E-state index in [9.17, 15) is 17.0 Å². The third-order valence-corrected chi connectivity index (χ3v) is 9.45. The number of aromatic nitrogens is 4. The lowest BCUT2D eigenvalue weighted by molar-refractivity contribution is 0.218. The molecule has 0 N–H and O–H groups in total. The van der Waals surface area contributed by atoms with Crippen molar-refractivity contribution >= 4 is 35.6 Å². The molecule has 0 atom stereocenters. The summed E-state index contributed by atoms with van der Waals surface area (Å²) in [6.45, 7) is 8.35. The highest BCUT2D eigenvalue weighted by molar-refractivity contribution is 7.93. The Hall–Kier alpha value is -3.41. The maximum Gasteiger partial charge on any atom is 0.280 e. The van der Waals surface area contributed by atoms with Gasteiger partial charge in [-0.1, -0.05) is 38.5 Å². The Morgan fingerprint density at radius 3 is 2.40 bits per heavy atom. The molecule has 1 saturated heterocycles. The van der Waals surface area contributed by atoms with Gasteiger partial charge in [-0.05, 0) is 104 Å². The number of benzene rings is 2. The van der Waals surface area contributed by atoms with Gasteiger partial charge in [-0.25, -0.2) is 4.39 Å². The molecule has 2 aliphatic rings. The molecule has 5 aromatic rings. The first-order valence-electron chi connectivity index (χ1n) is 15.5. The fourth-order valence-corrected chi connectivity index (χ4v) is 7.07. The Bertz CT molecular complexity index is 1890. The van der Waals surface area contributed by atoms with Gasteiger partial charge in [0, 0.05) is 41.3 Å². The second-order valence-corrected chi connectivity index (χ2v) is 12.5. The highest BCUT2D eigenvalue weighted by Crippen LogP contribution is 2.44. The van der Waals surface area contributed by atoms with Crippen LogP contribution in [-0.4, -0.2) is 35.7 Å². The molecule has 1 saturated carbocycles. The van der Waals surface area contributed by atoms with Crippen LogP contribution >= 0.6 is 24.7 Å². The lowest BCUT2D eigenvalue weighted by atomic mass is 9.95. The van der Waals surface area contributed by atoms with Crippen LogP contribution in [-0.2, 0) is 6.54 Å². The first kappa shape index (κ1) is 31.6. The highest BCUT2D eigenvalue weighted by Gasteiger charge is 2.30. The second kappa shape index (κ2) is 13.5. The summed E-state index contributed by atoms with van der Waals surface area (Å²) < 4.78 is 46.5. The lowest BCUT2D eigenvalue weighted by Crippen LogP contribution is -2.29. The van der Waals surface area contributed by atoms with Crippen LogP contribution in [0.25, 0.3) is 39.0 Å². The van der Waals surface area contributed by atoms with Gasteiger partial charge in [0.1, 0.15) is 11.3 Å². The summed E-state index contributed by atoms with van der Waals surface area (Å²) in [5.41, 5.74) is 5.69. The number of aryl methyl sites for hydroxylation is 1. The maximum atomic E-state index is 14.6. The van der Waals surface area contributed by atoms with E-state index in [1.807, 2.05) is 50.4 Å². The first-order chi connectivity index (χ1) is 21.9. The molecule has 3 aromatic heterocycles. The van der Waals surface area contributed by atoms with Crippen molar-refractivity contribution in [2.24, 2.45) is 0 Å². The number of halogens is 3. The van der Waals surface area contributed by atoms with E-state index in [-0.39, 0.29) is 30.2 Å². The van der Waals surface area contributed by atoms with Crippen molar-refractivity contribution in [1.82, 2.24) is 22.6 Å². The summed E-state index contributed by atoms with van der Waals surface area (Å²) in [5, 5.41) is 5.12. The molecular formula is C34H36F3N5OS2. The molecule has 1 aliphatic heterocycles. The Morgan fingerprint density at radius 1 is 0.933 bits per heavy atom. The predicted octanol–water partition coefficient (Wildman–Crippen LogP) is 9.42. The molecule has 1 aliphatic carbocycles. The van der Waals surface area contributed by atoms with Gasteiger partial charge >= 0.3 is 0 Å². The molecule has 11 heteroatoms. The van der Waals surface area contributed by atoms with Gasteiger partial charge in [-0.2, -0.15) is 9.19 Å². The molecule has 2 aromatic carbocycles. The molecule has 7 rings (SSSR count). The fraction of sp³-hybridized carbons (Fsp3) is 0.353. The number of likely N-dealkylation sites (tertiary alicyclic amines) is 1. The van der Waals surface area contributed by atoms with Gasteiger partial charge in [0.05, 0.1) is 5.69 Å². The summed E-state index contributed by atoms with van der Waals surface area (Å²) in [4.78, 5) is 16.5. The summed E-state index contributed by atoms with van der Waals surface area (Å²) in [6.07, 6.45) is 9.00. The third kappa shape index (κ3) is 6.22. The predicted molar refractivity (Wildman–Crippen MR) is 180 cm³/mol. The summed E-state index contributed by atoms with van der Waals surface area (Å²) in [5.74, 6) is -0.103. The van der Waals surface area contributed by atoms with Crippen molar-refractivity contribution in [3.05, 3.63) is 93.9 Å². The van der Waals surface area contributed by atoms with Gasteiger partial charge < -0.3 is 0 Å². The number of piperidine rings is 1. The molecule has 2 fully saturated rings. The van der Waals surface area contributed by atoms with E-state index < -0.39 is 5.82 Å². The van der Waals surface area contributed by atoms with Gasteiger partial charge in [0.15, 0.2) is 24.7 Å². The van der Waals surface area contributed by atoms with E-state index in [2.05, 4.69) is 10.00 Å². The Morgan fingerprint density at radius 2 is 1.71 bits per heavy atom. The van der Waals surface area contributed by atoms with Crippen LogP contribution in [0.1, 0.15) is 68.7 Å². The largest absolute Gasteiger partial charge is 0.298 e. The van der Waals surface area contributed by atoms with Gasteiger partial charge in [-0.3, -0.25) is 18.2 Å². The van der Waals surface area contributed by atoms with Crippen molar-refractivity contribution < 1.29 is 12.2 Å². The van der Waals surface area contributed by atoms with Crippen molar-refractivity contribution in [3.8, 4) is 28.1 Å². The minimum atomic E-state index is -0.433. The zero-order valence-electron chi connectivity index (χ0n) is 25.6. The van der Waals surface area contributed by atoms with E-state index in [4.69, 9.17) is 0 Å². The lowest BCUT2D eigenvalue weighted by Gasteiger charge is -2.26. The van der Waals surface area contributed by atoms with Crippen LogP contribution < -0.4 is 5.56 Å². The van der Waals surface area contributed by atoms with Crippen LogP contribution in [0.4, 0.5) is 12.2 Å². The van der Waals surface area contributed by atoms with Crippen LogP contribution in [0.2, 0.25) is 0 Å². The zero-order chi connectivity index (χ0) is 31.7. The van der Waals surface area contributed by atoms with Gasteiger partial charge in [-0.15, -0.1) is 7.77 Å². The Kier molecular flexibility index (Phi) is 9.49. The number of hydrogen-bond acceptors (Lipinski definition) is 5. The van der Waals surface area contributed by atoms with Crippen LogP contribution in [0.3, 0.4) is 0 Å². The van der Waals surface area contributed by atoms with Crippen LogP contribution in [0.5, 0.6) is 0 Å². The number of fused-ring (bicyclic) bond motifs is 1. The molecule has 45 heavy (non-hydrogen) atoms. The van der Waals surface area contributed by atoms with Crippen molar-refractivity contribution in [3.63, 3.8) is 0 Å². The normalized spacial score (nSPS) is 15.3. The number of pyridine rings is 1. The topological polar surface area (TPSA) is 48.0 Å². The van der Waals surface area contributed by atoms with E-state index in [1.54, 1.807) is 23.8 Å². The summed E-state index contributed by atoms with van der Waals surface area (Å²) in [7, 11) is 0. The Labute approximate surface area is 270 Å². The monoisotopic (exact) mass is 651 g/mol. The number of nitrogens with zero attached hydrogens (tertiary/aromatic N) is 5. The van der Waals surface area contributed by atoms with Crippen molar-refractivity contribution in [2.45, 2.75) is 65.3 Å². The van der Waals surface area contributed by atoms with E-state index in [0.717, 1.165) is 65.1 Å². The minimum Gasteiger partial charge on any atom is -0.298 e. The average Bonchev–Trinajstić information content (AvgIpc) is 3.74. The van der Waals surface area contributed by atoms with E-state index >= 15 is 0 Å². The standard InChI is InChI=1S/C32H30F3N5OS2.C2H6/c1-20-17-39(42-34)36-30(20)27-15-23(33)10-11-26(27)22-6-5-7-24(14-22)38-19-29(21-8-9-21)28-16-25(18-37-12-3-2-4-13-37)40(43-35)31(28)32(38)41;1-2/h5-7,10-11,14-17,19,21H,2-4,8-9,12-13,18H2,1H3;1-2H3. The average molecular weight is 652 g/mol. The molecule has 0 bridgehead atoms.